The summed E-state index contributed by atoms with van der Waals surface area (Å²) in [5.41, 5.74) is 2.33. The van der Waals surface area contributed by atoms with Gasteiger partial charge in [0.1, 0.15) is 12.3 Å². The first-order valence-electron chi connectivity index (χ1n) is 10.5. The number of sulfonamides is 1. The van der Waals surface area contributed by atoms with Gasteiger partial charge in [-0.05, 0) is 62.7 Å². The Labute approximate surface area is 189 Å². The minimum atomic E-state index is -3.92. The van der Waals surface area contributed by atoms with Crippen LogP contribution < -0.4 is 14.4 Å². The Morgan fingerprint density at radius 3 is 2.19 bits per heavy atom. The third kappa shape index (κ3) is 5.68. The Morgan fingerprint density at radius 2 is 1.59 bits per heavy atom. The zero-order chi connectivity index (χ0) is 23.1. The maximum Gasteiger partial charge on any atom is 0.264 e. The van der Waals surface area contributed by atoms with Gasteiger partial charge in [-0.3, -0.25) is 9.10 Å². The maximum absolute atomic E-state index is 13.3. The van der Waals surface area contributed by atoms with E-state index < -0.39 is 15.9 Å². The summed E-state index contributed by atoms with van der Waals surface area (Å²) in [5, 5.41) is 2.90. The SMILES string of the molecule is CCOc1ccc([C@@H](C)NC(=O)CN(c2ccc(C)cc2)S(=O)(=O)c2ccccc2)cc1. The molecule has 0 aliphatic rings. The Kier molecular flexibility index (Phi) is 7.53. The molecule has 1 N–H and O–H groups in total. The molecule has 3 aromatic rings. The number of benzene rings is 3. The fraction of sp³-hybridized carbons (Fsp3) is 0.240. The maximum atomic E-state index is 13.3. The highest BCUT2D eigenvalue weighted by atomic mass is 32.2. The highest BCUT2D eigenvalue weighted by Crippen LogP contribution is 2.24. The Hall–Kier alpha value is -3.32. The van der Waals surface area contributed by atoms with Gasteiger partial charge in [-0.25, -0.2) is 8.42 Å². The number of nitrogens with one attached hydrogen (secondary N) is 1. The van der Waals surface area contributed by atoms with Gasteiger partial charge in [-0.15, -0.1) is 0 Å². The molecule has 3 rings (SSSR count). The number of amides is 1. The zero-order valence-electron chi connectivity index (χ0n) is 18.5. The van der Waals surface area contributed by atoms with Gasteiger partial charge in [-0.2, -0.15) is 0 Å². The molecule has 0 spiro atoms. The zero-order valence-corrected chi connectivity index (χ0v) is 19.3. The topological polar surface area (TPSA) is 75.7 Å². The molecule has 6 nitrogen and oxygen atoms in total. The lowest BCUT2D eigenvalue weighted by atomic mass is 10.1. The highest BCUT2D eigenvalue weighted by Gasteiger charge is 2.27. The normalized spacial score (nSPS) is 12.1. The smallest absolute Gasteiger partial charge is 0.264 e. The van der Waals surface area contributed by atoms with Crippen molar-refractivity contribution in [3.63, 3.8) is 0 Å². The van der Waals surface area contributed by atoms with E-state index >= 15 is 0 Å². The lowest BCUT2D eigenvalue weighted by Crippen LogP contribution is -2.41. The van der Waals surface area contributed by atoms with Crippen LogP contribution in [0.15, 0.2) is 83.8 Å². The molecule has 0 radical (unpaired) electrons. The molecule has 7 heteroatoms. The van der Waals surface area contributed by atoms with Crippen LogP contribution in [0.2, 0.25) is 0 Å². The molecule has 0 heterocycles. The van der Waals surface area contributed by atoms with Gasteiger partial charge in [0.05, 0.1) is 23.2 Å². The van der Waals surface area contributed by atoms with Crippen LogP contribution in [0, 0.1) is 6.92 Å². The van der Waals surface area contributed by atoms with Crippen molar-refractivity contribution in [2.75, 3.05) is 17.5 Å². The lowest BCUT2D eigenvalue weighted by Gasteiger charge is -2.25. The number of rotatable bonds is 9. The first-order valence-corrected chi connectivity index (χ1v) is 11.9. The van der Waals surface area contributed by atoms with Crippen LogP contribution in [0.25, 0.3) is 0 Å². The standard InChI is InChI=1S/C25H28N2O4S/c1-4-31-23-16-12-21(13-17-23)20(3)26-25(28)18-27(22-14-10-19(2)11-15-22)32(29,30)24-8-6-5-7-9-24/h5-17,20H,4,18H2,1-3H3,(H,26,28)/t20-/m1/s1. The Bertz CT molecular complexity index is 1130. The number of carbonyl (C=O) groups excluding carboxylic acids is 1. The van der Waals surface area contributed by atoms with E-state index in [1.165, 1.54) is 12.1 Å². The summed E-state index contributed by atoms with van der Waals surface area (Å²) in [6, 6.07) is 22.3. The van der Waals surface area contributed by atoms with Crippen LogP contribution >= 0.6 is 0 Å². The number of hydrogen-bond acceptors (Lipinski definition) is 4. The number of hydrogen-bond donors (Lipinski definition) is 1. The van der Waals surface area contributed by atoms with Gasteiger partial charge in [0.25, 0.3) is 10.0 Å². The van der Waals surface area contributed by atoms with Crippen LogP contribution in [0.4, 0.5) is 5.69 Å². The first kappa shape index (κ1) is 23.3. The van der Waals surface area contributed by atoms with Crippen molar-refractivity contribution in [1.82, 2.24) is 5.32 Å². The predicted molar refractivity (Wildman–Crippen MR) is 126 cm³/mol. The van der Waals surface area contributed by atoms with E-state index in [1.807, 2.05) is 57.2 Å². The molecular formula is C25H28N2O4S. The fourth-order valence-electron chi connectivity index (χ4n) is 3.27. The molecule has 168 valence electrons. The second kappa shape index (κ2) is 10.3. The minimum Gasteiger partial charge on any atom is -0.494 e. The molecule has 0 unspecified atom stereocenters. The summed E-state index contributed by atoms with van der Waals surface area (Å²) in [5.74, 6) is 0.362. The number of aryl methyl sites for hydroxylation is 1. The molecule has 0 bridgehead atoms. The molecule has 1 amide bonds. The van der Waals surface area contributed by atoms with E-state index in [4.69, 9.17) is 4.74 Å². The highest BCUT2D eigenvalue weighted by molar-refractivity contribution is 7.92. The van der Waals surface area contributed by atoms with E-state index in [2.05, 4.69) is 5.32 Å². The largest absolute Gasteiger partial charge is 0.494 e. The van der Waals surface area contributed by atoms with Crippen molar-refractivity contribution >= 4 is 21.6 Å². The molecule has 0 aliphatic carbocycles. The Morgan fingerprint density at radius 1 is 0.969 bits per heavy atom. The van der Waals surface area contributed by atoms with E-state index in [0.717, 1.165) is 21.2 Å². The predicted octanol–water partition coefficient (Wildman–Crippen LogP) is 4.47. The van der Waals surface area contributed by atoms with Crippen molar-refractivity contribution in [1.29, 1.82) is 0 Å². The van der Waals surface area contributed by atoms with Gasteiger partial charge < -0.3 is 10.1 Å². The fourth-order valence-corrected chi connectivity index (χ4v) is 4.71. The molecule has 0 aromatic heterocycles. The van der Waals surface area contributed by atoms with Gasteiger partial charge in [-0.1, -0.05) is 48.0 Å². The number of ether oxygens (including phenoxy) is 1. The van der Waals surface area contributed by atoms with Crippen LogP contribution in [0.1, 0.15) is 31.0 Å². The first-order chi connectivity index (χ1) is 15.3. The number of carbonyl (C=O) groups is 1. The lowest BCUT2D eigenvalue weighted by molar-refractivity contribution is -0.120. The van der Waals surface area contributed by atoms with Gasteiger partial charge in [0.15, 0.2) is 0 Å². The van der Waals surface area contributed by atoms with Crippen LogP contribution in [-0.4, -0.2) is 27.5 Å². The van der Waals surface area contributed by atoms with Crippen molar-refractivity contribution in [3.8, 4) is 5.75 Å². The monoisotopic (exact) mass is 452 g/mol. The second-order valence-corrected chi connectivity index (χ2v) is 9.31. The molecule has 3 aromatic carbocycles. The number of nitrogens with zero attached hydrogens (tertiary/aromatic N) is 1. The average molecular weight is 453 g/mol. The summed E-state index contributed by atoms with van der Waals surface area (Å²) < 4.78 is 33.3. The van der Waals surface area contributed by atoms with E-state index in [0.29, 0.717) is 12.3 Å². The average Bonchev–Trinajstić information content (AvgIpc) is 2.79. The molecule has 0 saturated heterocycles. The van der Waals surface area contributed by atoms with Gasteiger partial charge in [0, 0.05) is 0 Å². The van der Waals surface area contributed by atoms with Gasteiger partial charge >= 0.3 is 0 Å². The quantitative estimate of drug-likeness (QED) is 0.520. The number of anilines is 1. The van der Waals surface area contributed by atoms with Crippen molar-refractivity contribution in [2.24, 2.45) is 0 Å². The summed E-state index contributed by atoms with van der Waals surface area (Å²) in [7, 11) is -3.92. The minimum absolute atomic E-state index is 0.132. The summed E-state index contributed by atoms with van der Waals surface area (Å²) in [4.78, 5) is 13.0. The van der Waals surface area contributed by atoms with Crippen LogP contribution in [0.5, 0.6) is 5.75 Å². The molecular weight excluding hydrogens is 424 g/mol. The molecule has 32 heavy (non-hydrogen) atoms. The van der Waals surface area contributed by atoms with E-state index in [1.54, 1.807) is 30.3 Å². The summed E-state index contributed by atoms with van der Waals surface area (Å²) in [6.45, 7) is 5.94. The van der Waals surface area contributed by atoms with Crippen LogP contribution in [-0.2, 0) is 14.8 Å². The summed E-state index contributed by atoms with van der Waals surface area (Å²) >= 11 is 0. The van der Waals surface area contributed by atoms with E-state index in [9.17, 15) is 13.2 Å². The van der Waals surface area contributed by atoms with Gasteiger partial charge in [0.2, 0.25) is 5.91 Å². The van der Waals surface area contributed by atoms with Crippen molar-refractivity contribution in [2.45, 2.75) is 31.7 Å². The van der Waals surface area contributed by atoms with Crippen LogP contribution in [0.3, 0.4) is 0 Å². The van der Waals surface area contributed by atoms with E-state index in [-0.39, 0.29) is 17.5 Å². The summed E-state index contributed by atoms with van der Waals surface area (Å²) in [6.07, 6.45) is 0. The third-order valence-corrected chi connectivity index (χ3v) is 6.80. The third-order valence-electron chi connectivity index (χ3n) is 5.01. The molecule has 0 saturated carbocycles. The van der Waals surface area contributed by atoms with Crippen molar-refractivity contribution < 1.29 is 17.9 Å². The van der Waals surface area contributed by atoms with Crippen molar-refractivity contribution in [3.05, 3.63) is 90.0 Å². The Balaban J connectivity index is 1.81. The second-order valence-electron chi connectivity index (χ2n) is 7.45. The molecule has 1 atom stereocenters. The molecule has 0 aliphatic heterocycles. The molecule has 0 fully saturated rings.